The average molecular weight is 248 g/mol. The molecule has 1 N–H and O–H groups in total. The Labute approximate surface area is 106 Å². The maximum absolute atomic E-state index is 11.4. The van der Waals surface area contributed by atoms with Crippen molar-refractivity contribution in [3.8, 4) is 0 Å². The molecule has 1 amide bonds. The van der Waals surface area contributed by atoms with Crippen molar-refractivity contribution < 1.29 is 9.53 Å². The number of carbonyl (C=O) groups is 1. The van der Waals surface area contributed by atoms with Crippen LogP contribution < -0.4 is 5.32 Å². The van der Waals surface area contributed by atoms with Crippen LogP contribution in [0, 0.1) is 6.57 Å². The topological polar surface area (TPSA) is 68.5 Å². The molecule has 96 valence electrons. The molecule has 0 saturated carbocycles. The van der Waals surface area contributed by atoms with Crippen LogP contribution in [0.15, 0.2) is 12.4 Å². The Hall–Kier alpha value is -2.16. The van der Waals surface area contributed by atoms with Crippen molar-refractivity contribution in [3.05, 3.63) is 29.4 Å². The zero-order valence-electron chi connectivity index (χ0n) is 10.7. The molecule has 0 fully saturated rings. The number of carbonyl (C=O) groups excluding carboxylic acids is 1. The molecule has 0 saturated heterocycles. The van der Waals surface area contributed by atoms with Gasteiger partial charge in [-0.05, 0) is 26.3 Å². The predicted molar refractivity (Wildman–Crippen MR) is 67.1 cm³/mol. The van der Waals surface area contributed by atoms with Gasteiger partial charge in [0.2, 0.25) is 12.5 Å². The minimum absolute atomic E-state index is 0.191. The van der Waals surface area contributed by atoms with Crippen LogP contribution in [0.1, 0.15) is 26.3 Å². The van der Waals surface area contributed by atoms with Crippen LogP contribution >= 0.6 is 0 Å². The minimum Gasteiger partial charge on any atom is -0.444 e. The molecule has 0 aromatic carbocycles. The van der Waals surface area contributed by atoms with Crippen molar-refractivity contribution in [2.75, 3.05) is 11.9 Å². The van der Waals surface area contributed by atoms with Crippen LogP contribution in [-0.2, 0) is 11.2 Å². The van der Waals surface area contributed by atoms with Gasteiger partial charge in [-0.1, -0.05) is 0 Å². The Morgan fingerprint density at radius 1 is 1.44 bits per heavy atom. The fourth-order valence-corrected chi connectivity index (χ4v) is 1.13. The number of anilines is 1. The van der Waals surface area contributed by atoms with Crippen molar-refractivity contribution >= 4 is 12.0 Å². The summed E-state index contributed by atoms with van der Waals surface area (Å²) in [4.78, 5) is 22.6. The van der Waals surface area contributed by atoms with E-state index in [1.165, 1.54) is 0 Å². The lowest BCUT2D eigenvalue weighted by molar-refractivity contribution is 0.0634. The van der Waals surface area contributed by atoms with Crippen LogP contribution in [0.5, 0.6) is 0 Å². The van der Waals surface area contributed by atoms with E-state index in [0.29, 0.717) is 13.0 Å². The van der Waals surface area contributed by atoms with Gasteiger partial charge < -0.3 is 9.58 Å². The summed E-state index contributed by atoms with van der Waals surface area (Å²) in [6.45, 7) is 12.4. The Morgan fingerprint density at radius 2 is 2.06 bits per heavy atom. The van der Waals surface area contributed by atoms with Crippen molar-refractivity contribution in [2.45, 2.75) is 32.8 Å². The Morgan fingerprint density at radius 3 is 2.56 bits per heavy atom. The Bertz CT molecular complexity index is 443. The molecule has 6 nitrogen and oxygen atoms in total. The minimum atomic E-state index is -0.587. The molecule has 0 aliphatic heterocycles. The zero-order valence-corrected chi connectivity index (χ0v) is 10.7. The number of rotatable bonds is 3. The lowest BCUT2D eigenvalue weighted by Gasteiger charge is -2.19. The molecular formula is C12H16N4O2. The summed E-state index contributed by atoms with van der Waals surface area (Å²) in [5, 5.41) is 2.44. The summed E-state index contributed by atoms with van der Waals surface area (Å²) in [5.41, 5.74) is 0.306. The van der Waals surface area contributed by atoms with Gasteiger partial charge in [0.15, 0.2) is 0 Å². The van der Waals surface area contributed by atoms with Gasteiger partial charge in [0, 0.05) is 18.8 Å². The van der Waals surface area contributed by atoms with Gasteiger partial charge in [0.05, 0.1) is 0 Å². The highest BCUT2D eigenvalue weighted by Gasteiger charge is 2.16. The zero-order chi connectivity index (χ0) is 13.6. The maximum Gasteiger partial charge on any atom is 0.414 e. The number of ether oxygens (including phenoxy) is 1. The molecule has 1 rings (SSSR count). The third kappa shape index (κ3) is 5.25. The summed E-state index contributed by atoms with van der Waals surface area (Å²) >= 11 is 0. The molecule has 0 radical (unpaired) electrons. The summed E-state index contributed by atoms with van der Waals surface area (Å²) in [6.07, 6.45) is 3.20. The first-order valence-electron chi connectivity index (χ1n) is 5.55. The van der Waals surface area contributed by atoms with E-state index < -0.39 is 11.7 Å². The molecule has 0 aliphatic carbocycles. The van der Waals surface area contributed by atoms with Gasteiger partial charge in [-0.3, -0.25) is 5.32 Å². The van der Waals surface area contributed by atoms with Crippen LogP contribution in [0.4, 0.5) is 10.7 Å². The molecular weight excluding hydrogens is 232 g/mol. The van der Waals surface area contributed by atoms with E-state index in [0.717, 1.165) is 5.56 Å². The SMILES string of the molecule is [C-]#[N+]CCc1cnc(NC(=O)OC(C)(C)C)nc1. The van der Waals surface area contributed by atoms with E-state index in [2.05, 4.69) is 20.1 Å². The third-order valence-corrected chi connectivity index (χ3v) is 1.83. The first-order valence-corrected chi connectivity index (χ1v) is 5.55. The molecule has 0 unspecified atom stereocenters. The number of hydrogen-bond acceptors (Lipinski definition) is 4. The van der Waals surface area contributed by atoms with E-state index in [4.69, 9.17) is 11.3 Å². The predicted octanol–water partition coefficient (Wildman–Crippen LogP) is 2.29. The summed E-state index contributed by atoms with van der Waals surface area (Å²) in [6, 6.07) is 0. The largest absolute Gasteiger partial charge is 0.444 e. The molecule has 0 spiro atoms. The Kier molecular flexibility index (Phi) is 4.60. The van der Waals surface area contributed by atoms with E-state index in [9.17, 15) is 4.79 Å². The van der Waals surface area contributed by atoms with E-state index in [1.807, 2.05) is 0 Å². The van der Waals surface area contributed by atoms with Gasteiger partial charge in [-0.15, -0.1) is 0 Å². The van der Waals surface area contributed by atoms with Crippen LogP contribution in [-0.4, -0.2) is 28.2 Å². The molecule has 1 heterocycles. The molecule has 6 heteroatoms. The molecule has 18 heavy (non-hydrogen) atoms. The quantitative estimate of drug-likeness (QED) is 0.833. The number of hydrogen-bond donors (Lipinski definition) is 1. The number of nitrogens with one attached hydrogen (secondary N) is 1. The monoisotopic (exact) mass is 248 g/mol. The number of amides is 1. The first kappa shape index (κ1) is 13.9. The van der Waals surface area contributed by atoms with E-state index >= 15 is 0 Å². The highest BCUT2D eigenvalue weighted by atomic mass is 16.6. The van der Waals surface area contributed by atoms with Gasteiger partial charge in [0.25, 0.3) is 0 Å². The molecule has 1 aromatic heterocycles. The van der Waals surface area contributed by atoms with Gasteiger partial charge >= 0.3 is 6.09 Å². The van der Waals surface area contributed by atoms with Crippen molar-refractivity contribution in [2.24, 2.45) is 0 Å². The standard InChI is InChI=1S/C12H16N4O2/c1-12(2,3)18-11(17)16-10-14-7-9(8-15-10)5-6-13-4/h7-8H,5-6H2,1-3H3,(H,14,15,16,17). The van der Waals surface area contributed by atoms with E-state index in [1.54, 1.807) is 33.2 Å². The van der Waals surface area contributed by atoms with E-state index in [-0.39, 0.29) is 5.95 Å². The second-order valence-electron chi connectivity index (χ2n) is 4.67. The normalized spacial score (nSPS) is 10.6. The average Bonchev–Trinajstić information content (AvgIpc) is 2.25. The lowest BCUT2D eigenvalue weighted by Crippen LogP contribution is -2.27. The molecule has 1 aromatic rings. The van der Waals surface area contributed by atoms with Crippen LogP contribution in [0.2, 0.25) is 0 Å². The summed E-state index contributed by atoms with van der Waals surface area (Å²) in [7, 11) is 0. The second-order valence-corrected chi connectivity index (χ2v) is 4.67. The second kappa shape index (κ2) is 5.96. The fraction of sp³-hybridized carbons (Fsp3) is 0.500. The number of nitrogens with zero attached hydrogens (tertiary/aromatic N) is 3. The van der Waals surface area contributed by atoms with Crippen molar-refractivity contribution in [3.63, 3.8) is 0 Å². The fourth-order valence-electron chi connectivity index (χ4n) is 1.13. The van der Waals surface area contributed by atoms with Crippen LogP contribution in [0.3, 0.4) is 0 Å². The first-order chi connectivity index (χ1) is 8.40. The molecule has 0 atom stereocenters. The van der Waals surface area contributed by atoms with Gasteiger partial charge in [-0.2, -0.15) is 0 Å². The third-order valence-electron chi connectivity index (χ3n) is 1.83. The van der Waals surface area contributed by atoms with Gasteiger partial charge in [-0.25, -0.2) is 21.3 Å². The molecule has 0 bridgehead atoms. The van der Waals surface area contributed by atoms with Gasteiger partial charge in [0.1, 0.15) is 5.60 Å². The smallest absolute Gasteiger partial charge is 0.414 e. The molecule has 0 aliphatic rings. The highest BCUT2D eigenvalue weighted by molar-refractivity contribution is 5.82. The summed E-state index contributed by atoms with van der Waals surface area (Å²) in [5.74, 6) is 0.191. The van der Waals surface area contributed by atoms with Crippen LogP contribution in [0.25, 0.3) is 4.85 Å². The lowest BCUT2D eigenvalue weighted by atomic mass is 10.2. The van der Waals surface area contributed by atoms with Crippen molar-refractivity contribution in [1.82, 2.24) is 9.97 Å². The number of aromatic nitrogens is 2. The maximum atomic E-state index is 11.4. The highest BCUT2D eigenvalue weighted by Crippen LogP contribution is 2.09. The Balaban J connectivity index is 2.54. The van der Waals surface area contributed by atoms with Crippen molar-refractivity contribution in [1.29, 1.82) is 0 Å². The summed E-state index contributed by atoms with van der Waals surface area (Å²) < 4.78 is 5.07.